The number of piperazine rings is 1. The molecule has 2 rings (SSSR count). The third-order valence-corrected chi connectivity index (χ3v) is 3.11. The predicted molar refractivity (Wildman–Crippen MR) is 68.6 cm³/mol. The van der Waals surface area contributed by atoms with Crippen molar-refractivity contribution in [1.82, 2.24) is 25.4 Å². The van der Waals surface area contributed by atoms with Gasteiger partial charge >= 0.3 is 0 Å². The molecule has 1 aromatic heterocycles. The van der Waals surface area contributed by atoms with E-state index in [1.165, 1.54) is 4.90 Å². The van der Waals surface area contributed by atoms with Gasteiger partial charge in [-0.15, -0.1) is 5.10 Å². The molecule has 2 N–H and O–H groups in total. The van der Waals surface area contributed by atoms with Gasteiger partial charge in [0.25, 0.3) is 5.91 Å². The number of hydrogen-bond acceptors (Lipinski definition) is 5. The summed E-state index contributed by atoms with van der Waals surface area (Å²) in [6.45, 7) is 3.62. The molecule has 1 aromatic rings. The molecule has 1 fully saturated rings. The first kappa shape index (κ1) is 14.2. The van der Waals surface area contributed by atoms with Crippen molar-refractivity contribution in [1.29, 1.82) is 0 Å². The van der Waals surface area contributed by atoms with Gasteiger partial charge in [-0.25, -0.2) is 4.98 Å². The van der Waals surface area contributed by atoms with Crippen LogP contribution in [-0.4, -0.2) is 50.4 Å². The Hall–Kier alpha value is -2.25. The van der Waals surface area contributed by atoms with Crippen LogP contribution in [0.15, 0.2) is 0 Å². The van der Waals surface area contributed by atoms with Crippen LogP contribution < -0.4 is 5.32 Å². The zero-order valence-corrected chi connectivity index (χ0v) is 11.5. The van der Waals surface area contributed by atoms with Crippen molar-refractivity contribution < 1.29 is 14.4 Å². The number of nitrogens with one attached hydrogen (secondary N) is 2. The average Bonchev–Trinajstić information content (AvgIpc) is 2.86. The molecule has 3 amide bonds. The van der Waals surface area contributed by atoms with E-state index in [1.807, 2.05) is 6.92 Å². The molecule has 0 aromatic carbocycles. The van der Waals surface area contributed by atoms with Crippen molar-refractivity contribution >= 4 is 17.7 Å². The highest BCUT2D eigenvalue weighted by molar-refractivity contribution is 6.06. The fourth-order valence-corrected chi connectivity index (χ4v) is 2.15. The Labute approximate surface area is 115 Å². The van der Waals surface area contributed by atoms with Gasteiger partial charge in [-0.3, -0.25) is 24.8 Å². The lowest BCUT2D eigenvalue weighted by Crippen LogP contribution is -2.59. The first-order valence-electron chi connectivity index (χ1n) is 6.62. The number of rotatable bonds is 4. The SMILES string of the molecule is CCCc1nc(C(=O)N2CC(=O)NC(=O)C2CC)n[nH]1. The van der Waals surface area contributed by atoms with Gasteiger partial charge in [-0.1, -0.05) is 13.8 Å². The van der Waals surface area contributed by atoms with Crippen LogP contribution in [0.5, 0.6) is 0 Å². The molecule has 1 aliphatic heterocycles. The van der Waals surface area contributed by atoms with Crippen molar-refractivity contribution in [3.8, 4) is 0 Å². The van der Waals surface area contributed by atoms with Gasteiger partial charge < -0.3 is 4.90 Å². The molecule has 1 atom stereocenters. The summed E-state index contributed by atoms with van der Waals surface area (Å²) in [7, 11) is 0. The largest absolute Gasteiger partial charge is 0.315 e. The summed E-state index contributed by atoms with van der Waals surface area (Å²) < 4.78 is 0. The summed E-state index contributed by atoms with van der Waals surface area (Å²) in [5.41, 5.74) is 0. The van der Waals surface area contributed by atoms with E-state index < -0.39 is 23.8 Å². The van der Waals surface area contributed by atoms with Crippen LogP contribution in [0.1, 0.15) is 43.1 Å². The van der Waals surface area contributed by atoms with Crippen molar-refractivity contribution in [2.45, 2.75) is 39.2 Å². The molecule has 2 heterocycles. The molecule has 0 spiro atoms. The average molecular weight is 279 g/mol. The van der Waals surface area contributed by atoms with Gasteiger partial charge in [0.05, 0.1) is 0 Å². The molecule has 0 radical (unpaired) electrons. The number of aromatic amines is 1. The van der Waals surface area contributed by atoms with E-state index in [0.29, 0.717) is 18.7 Å². The van der Waals surface area contributed by atoms with Crippen molar-refractivity contribution in [3.05, 3.63) is 11.6 Å². The first-order valence-corrected chi connectivity index (χ1v) is 6.62. The Morgan fingerprint density at radius 2 is 2.15 bits per heavy atom. The van der Waals surface area contributed by atoms with E-state index in [2.05, 4.69) is 20.5 Å². The number of nitrogens with zero attached hydrogens (tertiary/aromatic N) is 3. The Morgan fingerprint density at radius 3 is 2.80 bits per heavy atom. The van der Waals surface area contributed by atoms with Crippen molar-refractivity contribution in [3.63, 3.8) is 0 Å². The van der Waals surface area contributed by atoms with Gasteiger partial charge in [0.2, 0.25) is 17.6 Å². The van der Waals surface area contributed by atoms with Crippen LogP contribution in [0.4, 0.5) is 0 Å². The highest BCUT2D eigenvalue weighted by Crippen LogP contribution is 2.12. The summed E-state index contributed by atoms with van der Waals surface area (Å²) in [5, 5.41) is 8.77. The van der Waals surface area contributed by atoms with Crippen LogP contribution in [-0.2, 0) is 16.0 Å². The van der Waals surface area contributed by atoms with Crippen molar-refractivity contribution in [2.24, 2.45) is 0 Å². The number of carbonyl (C=O) groups is 3. The molecule has 0 aliphatic carbocycles. The molecule has 20 heavy (non-hydrogen) atoms. The predicted octanol–water partition coefficient (Wildman–Crippen LogP) is -0.366. The zero-order valence-electron chi connectivity index (χ0n) is 11.5. The Morgan fingerprint density at radius 1 is 1.40 bits per heavy atom. The Balaban J connectivity index is 2.20. The quantitative estimate of drug-likeness (QED) is 0.731. The summed E-state index contributed by atoms with van der Waals surface area (Å²) in [6, 6.07) is -0.659. The molecular formula is C12H17N5O3. The highest BCUT2D eigenvalue weighted by Gasteiger charge is 2.37. The van der Waals surface area contributed by atoms with Gasteiger partial charge in [-0.05, 0) is 12.8 Å². The number of H-pyrrole nitrogens is 1. The number of hydrogen-bond donors (Lipinski definition) is 2. The number of amides is 3. The fraction of sp³-hybridized carbons (Fsp3) is 0.583. The fourth-order valence-electron chi connectivity index (χ4n) is 2.15. The minimum Gasteiger partial charge on any atom is -0.315 e. The van der Waals surface area contributed by atoms with Crippen LogP contribution in [0.3, 0.4) is 0 Å². The smallest absolute Gasteiger partial charge is 0.294 e. The normalized spacial score (nSPS) is 19.1. The topological polar surface area (TPSA) is 108 Å². The molecule has 0 bridgehead atoms. The lowest BCUT2D eigenvalue weighted by atomic mass is 10.1. The molecule has 8 nitrogen and oxygen atoms in total. The first-order chi connectivity index (χ1) is 9.56. The third-order valence-electron chi connectivity index (χ3n) is 3.11. The van der Waals surface area contributed by atoms with Crippen LogP contribution in [0.25, 0.3) is 0 Å². The van der Waals surface area contributed by atoms with Crippen LogP contribution in [0, 0.1) is 0 Å². The second-order valence-corrected chi connectivity index (χ2v) is 4.63. The third kappa shape index (κ3) is 2.68. The molecule has 1 unspecified atom stereocenters. The lowest BCUT2D eigenvalue weighted by molar-refractivity contribution is -0.138. The molecule has 1 aliphatic rings. The molecule has 1 saturated heterocycles. The summed E-state index contributed by atoms with van der Waals surface area (Å²) in [4.78, 5) is 40.8. The van der Waals surface area contributed by atoms with Gasteiger partial charge in [-0.2, -0.15) is 0 Å². The van der Waals surface area contributed by atoms with Gasteiger partial charge in [0.1, 0.15) is 18.4 Å². The van der Waals surface area contributed by atoms with Gasteiger partial charge in [0, 0.05) is 6.42 Å². The van der Waals surface area contributed by atoms with Crippen molar-refractivity contribution in [2.75, 3.05) is 6.54 Å². The molecule has 8 heteroatoms. The summed E-state index contributed by atoms with van der Waals surface area (Å²) in [5.74, 6) is -0.830. The second kappa shape index (κ2) is 5.81. The molecule has 0 saturated carbocycles. The van der Waals surface area contributed by atoms with E-state index in [9.17, 15) is 14.4 Å². The number of carbonyl (C=O) groups excluding carboxylic acids is 3. The Bertz CT molecular complexity index is 539. The van der Waals surface area contributed by atoms with E-state index in [-0.39, 0.29) is 12.4 Å². The minimum absolute atomic E-state index is 0.00519. The van der Waals surface area contributed by atoms with Crippen LogP contribution >= 0.6 is 0 Å². The Kier molecular flexibility index (Phi) is 4.11. The van der Waals surface area contributed by atoms with E-state index in [1.54, 1.807) is 6.92 Å². The zero-order chi connectivity index (χ0) is 14.7. The number of aryl methyl sites for hydroxylation is 1. The van der Waals surface area contributed by atoms with Gasteiger partial charge in [0.15, 0.2) is 0 Å². The summed E-state index contributed by atoms with van der Waals surface area (Å²) >= 11 is 0. The monoisotopic (exact) mass is 279 g/mol. The maximum Gasteiger partial charge on any atom is 0.294 e. The number of imide groups is 1. The summed E-state index contributed by atoms with van der Waals surface area (Å²) in [6.07, 6.45) is 2.00. The maximum absolute atomic E-state index is 12.3. The highest BCUT2D eigenvalue weighted by atomic mass is 16.2. The van der Waals surface area contributed by atoms with E-state index in [0.717, 1.165) is 6.42 Å². The number of aromatic nitrogens is 3. The molecule has 108 valence electrons. The standard InChI is InChI=1S/C12H17N5O3/c1-3-5-8-13-10(16-15-8)12(20)17-6-9(18)14-11(19)7(17)4-2/h7H,3-6H2,1-2H3,(H,13,15,16)(H,14,18,19). The maximum atomic E-state index is 12.3. The molecular weight excluding hydrogens is 262 g/mol. The van der Waals surface area contributed by atoms with E-state index >= 15 is 0 Å². The lowest BCUT2D eigenvalue weighted by Gasteiger charge is -2.32. The minimum atomic E-state index is -0.659. The van der Waals surface area contributed by atoms with E-state index in [4.69, 9.17) is 0 Å². The second-order valence-electron chi connectivity index (χ2n) is 4.63. The van der Waals surface area contributed by atoms with Crippen LogP contribution in [0.2, 0.25) is 0 Å².